The minimum Gasteiger partial charge on any atom is -0.444 e. The molecule has 0 bridgehead atoms. The van der Waals surface area contributed by atoms with Crippen molar-refractivity contribution < 1.29 is 14.3 Å². The van der Waals surface area contributed by atoms with E-state index < -0.39 is 6.09 Å². The third-order valence-corrected chi connectivity index (χ3v) is 5.75. The Morgan fingerprint density at radius 2 is 1.74 bits per heavy atom. The summed E-state index contributed by atoms with van der Waals surface area (Å²) in [6, 6.07) is 0. The maximum atomic E-state index is 11.2. The van der Waals surface area contributed by atoms with Crippen LogP contribution in [0.3, 0.4) is 0 Å². The van der Waals surface area contributed by atoms with E-state index in [1.165, 1.54) is 24.0 Å². The van der Waals surface area contributed by atoms with Crippen molar-refractivity contribution in [3.8, 4) is 0 Å². The Labute approximate surface area is 167 Å². The predicted molar refractivity (Wildman–Crippen MR) is 115 cm³/mol. The van der Waals surface area contributed by atoms with Gasteiger partial charge in [0.1, 0.15) is 12.2 Å². The first kappa shape index (κ1) is 25.7. The van der Waals surface area contributed by atoms with Gasteiger partial charge in [-0.2, -0.15) is 0 Å². The number of unbranched alkanes of at least 4 members (excludes halogenated alkanes) is 1. The molecule has 0 aromatic rings. The molecule has 1 fully saturated rings. The molecule has 1 rings (SSSR count). The third-order valence-electron chi connectivity index (χ3n) is 5.75. The fraction of sp³-hybridized carbons (Fsp3) is 0.783. The molecule has 1 aliphatic rings. The van der Waals surface area contributed by atoms with E-state index in [0.29, 0.717) is 0 Å². The number of hydrogen-bond acceptors (Lipinski definition) is 3. The van der Waals surface area contributed by atoms with Gasteiger partial charge in [-0.1, -0.05) is 70.3 Å². The number of hydrogen-bond donors (Lipinski definition) is 1. The lowest BCUT2D eigenvalue weighted by molar-refractivity contribution is -0.106. The van der Waals surface area contributed by atoms with Gasteiger partial charge in [0.05, 0.1) is 0 Å². The number of methoxy groups -OCH3 is 1. The molecule has 1 aliphatic carbocycles. The van der Waals surface area contributed by atoms with Crippen LogP contribution in [0.25, 0.3) is 0 Å². The van der Waals surface area contributed by atoms with Crippen molar-refractivity contribution >= 4 is 6.09 Å². The van der Waals surface area contributed by atoms with E-state index in [1.807, 2.05) is 0 Å². The zero-order valence-electron chi connectivity index (χ0n) is 18.9. The van der Waals surface area contributed by atoms with Crippen molar-refractivity contribution in [2.45, 2.75) is 99.2 Å². The van der Waals surface area contributed by atoms with E-state index in [0.717, 1.165) is 25.7 Å². The van der Waals surface area contributed by atoms with Crippen LogP contribution >= 0.6 is 0 Å². The summed E-state index contributed by atoms with van der Waals surface area (Å²) >= 11 is 0. The Kier molecular flexibility index (Phi) is 12.4. The van der Waals surface area contributed by atoms with Crippen molar-refractivity contribution in [1.29, 1.82) is 0 Å². The van der Waals surface area contributed by atoms with Gasteiger partial charge in [0, 0.05) is 13.0 Å². The van der Waals surface area contributed by atoms with Gasteiger partial charge in [-0.25, -0.2) is 4.79 Å². The van der Waals surface area contributed by atoms with Crippen molar-refractivity contribution in [2.75, 3.05) is 7.11 Å². The van der Waals surface area contributed by atoms with E-state index in [2.05, 4.69) is 60.6 Å². The Hall–Kier alpha value is -1.29. The van der Waals surface area contributed by atoms with Gasteiger partial charge in [0.15, 0.2) is 0 Å². The zero-order valence-corrected chi connectivity index (χ0v) is 18.9. The van der Waals surface area contributed by atoms with E-state index in [9.17, 15) is 4.79 Å². The molecule has 0 saturated heterocycles. The second-order valence-electron chi connectivity index (χ2n) is 8.16. The Balaban J connectivity index is 0.00000153. The van der Waals surface area contributed by atoms with Gasteiger partial charge in [-0.15, -0.1) is 0 Å². The van der Waals surface area contributed by atoms with Gasteiger partial charge in [0.2, 0.25) is 0 Å². The van der Waals surface area contributed by atoms with E-state index >= 15 is 0 Å². The fourth-order valence-corrected chi connectivity index (χ4v) is 3.78. The van der Waals surface area contributed by atoms with Crippen molar-refractivity contribution in [1.82, 2.24) is 0 Å². The first-order valence-electron chi connectivity index (χ1n) is 10.5. The average Bonchev–Trinajstić information content (AvgIpc) is 2.62. The SMILES string of the molecule is CCCC.CC[C@@]1(C)CCC(OC(N)=O)C(OC)C1/C(C)=C/CC=C(C)C. The lowest BCUT2D eigenvalue weighted by atomic mass is 9.61. The maximum absolute atomic E-state index is 11.2. The Morgan fingerprint density at radius 1 is 1.15 bits per heavy atom. The normalized spacial score (nSPS) is 28.0. The summed E-state index contributed by atoms with van der Waals surface area (Å²) in [5.74, 6) is 0.223. The second-order valence-corrected chi connectivity index (χ2v) is 8.16. The highest BCUT2D eigenvalue weighted by Gasteiger charge is 2.47. The van der Waals surface area contributed by atoms with Gasteiger partial charge >= 0.3 is 6.09 Å². The number of amides is 1. The standard InChI is InChI=1S/C19H33NO3.C4H10/c1-7-19(5)12-11-15(23-18(20)21)17(22-6)16(19)14(4)10-8-9-13(2)3;1-3-4-2/h9-10,15-17H,7-8,11-12H2,1-6H3,(H2,20,21);3-4H2,1-2H3/b14-10+;/t15?,16?,17?,19-;/m0./s1. The molecule has 4 nitrogen and oxygen atoms in total. The number of carbonyl (C=O) groups is 1. The molecule has 0 heterocycles. The number of primary amides is 1. The monoisotopic (exact) mass is 381 g/mol. The van der Waals surface area contributed by atoms with Crippen molar-refractivity contribution in [3.05, 3.63) is 23.3 Å². The van der Waals surface area contributed by atoms with Gasteiger partial charge in [0.25, 0.3) is 0 Å². The minimum atomic E-state index is -0.720. The predicted octanol–water partition coefficient (Wildman–Crippen LogP) is 6.40. The molecule has 0 spiro atoms. The number of rotatable bonds is 7. The molecular weight excluding hydrogens is 338 g/mol. The molecule has 0 radical (unpaired) electrons. The number of allylic oxidation sites excluding steroid dienone is 3. The lowest BCUT2D eigenvalue weighted by Crippen LogP contribution is -2.51. The topological polar surface area (TPSA) is 61.5 Å². The quantitative estimate of drug-likeness (QED) is 0.519. The van der Waals surface area contributed by atoms with Crippen molar-refractivity contribution in [3.63, 3.8) is 0 Å². The number of ether oxygens (including phenoxy) is 2. The second kappa shape index (κ2) is 13.0. The summed E-state index contributed by atoms with van der Waals surface area (Å²) in [6.07, 6.45) is 9.76. The Bertz CT molecular complexity index is 492. The van der Waals surface area contributed by atoms with Crippen LogP contribution < -0.4 is 5.73 Å². The van der Waals surface area contributed by atoms with Gasteiger partial charge < -0.3 is 15.2 Å². The summed E-state index contributed by atoms with van der Waals surface area (Å²) in [7, 11) is 1.69. The summed E-state index contributed by atoms with van der Waals surface area (Å²) in [5.41, 5.74) is 8.00. The Morgan fingerprint density at radius 3 is 2.15 bits per heavy atom. The third kappa shape index (κ3) is 8.50. The molecular formula is C23H43NO3. The van der Waals surface area contributed by atoms with Gasteiger partial charge in [-0.05, 0) is 45.4 Å². The van der Waals surface area contributed by atoms with Crippen LogP contribution in [0, 0.1) is 11.3 Å². The lowest BCUT2D eigenvalue weighted by Gasteiger charge is -2.48. The summed E-state index contributed by atoms with van der Waals surface area (Å²) < 4.78 is 11.1. The summed E-state index contributed by atoms with van der Waals surface area (Å²) in [6.45, 7) is 15.3. The molecule has 1 amide bonds. The first-order valence-corrected chi connectivity index (χ1v) is 10.5. The fourth-order valence-electron chi connectivity index (χ4n) is 3.78. The van der Waals surface area contributed by atoms with Crippen LogP contribution in [0.15, 0.2) is 23.3 Å². The highest BCUT2D eigenvalue weighted by molar-refractivity contribution is 5.64. The van der Waals surface area contributed by atoms with Crippen LogP contribution in [0.2, 0.25) is 0 Å². The number of carbonyl (C=O) groups excluding carboxylic acids is 1. The van der Waals surface area contributed by atoms with E-state index in [4.69, 9.17) is 15.2 Å². The van der Waals surface area contributed by atoms with Crippen LogP contribution in [0.5, 0.6) is 0 Å². The molecule has 1 saturated carbocycles. The molecule has 2 N–H and O–H groups in total. The van der Waals surface area contributed by atoms with Crippen LogP contribution in [0.4, 0.5) is 4.79 Å². The molecule has 0 aliphatic heterocycles. The zero-order chi connectivity index (χ0) is 21.0. The summed E-state index contributed by atoms with van der Waals surface area (Å²) in [4.78, 5) is 11.2. The van der Waals surface area contributed by atoms with Crippen LogP contribution in [0.1, 0.15) is 87.0 Å². The number of nitrogens with two attached hydrogens (primary N) is 1. The molecule has 4 heteroatoms. The minimum absolute atomic E-state index is 0.143. The van der Waals surface area contributed by atoms with Crippen molar-refractivity contribution in [2.24, 2.45) is 17.1 Å². The summed E-state index contributed by atoms with van der Waals surface area (Å²) in [5, 5.41) is 0. The average molecular weight is 382 g/mol. The highest BCUT2D eigenvalue weighted by Crippen LogP contribution is 2.48. The van der Waals surface area contributed by atoms with E-state index in [1.54, 1.807) is 7.11 Å². The van der Waals surface area contributed by atoms with E-state index in [-0.39, 0.29) is 23.5 Å². The molecule has 4 atom stereocenters. The molecule has 3 unspecified atom stereocenters. The molecule has 0 aromatic carbocycles. The largest absolute Gasteiger partial charge is 0.444 e. The molecule has 158 valence electrons. The van der Waals surface area contributed by atoms with Crippen LogP contribution in [-0.4, -0.2) is 25.4 Å². The first-order chi connectivity index (χ1) is 12.7. The highest BCUT2D eigenvalue weighted by atomic mass is 16.6. The molecule has 27 heavy (non-hydrogen) atoms. The van der Waals surface area contributed by atoms with Gasteiger partial charge in [-0.3, -0.25) is 0 Å². The molecule has 0 aromatic heterocycles. The smallest absolute Gasteiger partial charge is 0.404 e. The maximum Gasteiger partial charge on any atom is 0.404 e. The van der Waals surface area contributed by atoms with Crippen LogP contribution in [-0.2, 0) is 9.47 Å².